The predicted octanol–water partition coefficient (Wildman–Crippen LogP) is 4.82. The molecule has 2 aromatic carbocycles. The van der Waals surface area contributed by atoms with Gasteiger partial charge in [-0.1, -0.05) is 35.3 Å². The minimum Gasteiger partial charge on any atom is -0.482 e. The third-order valence-electron chi connectivity index (χ3n) is 4.22. The highest BCUT2D eigenvalue weighted by Gasteiger charge is 2.17. The van der Waals surface area contributed by atoms with Gasteiger partial charge in [-0.3, -0.25) is 9.79 Å². The molecule has 1 aliphatic rings. The number of aromatic nitrogens is 1. The van der Waals surface area contributed by atoms with E-state index in [2.05, 4.69) is 22.0 Å². The maximum atomic E-state index is 11.7. The third kappa shape index (κ3) is 4.33. The minimum absolute atomic E-state index is 0.0172. The summed E-state index contributed by atoms with van der Waals surface area (Å²) in [4.78, 5) is 16.9. The lowest BCUT2D eigenvalue weighted by Gasteiger charge is -2.18. The van der Waals surface area contributed by atoms with Gasteiger partial charge in [0.15, 0.2) is 6.61 Å². The highest BCUT2D eigenvalue weighted by Crippen LogP contribution is 2.33. The van der Waals surface area contributed by atoms with E-state index in [0.29, 0.717) is 32.8 Å². The van der Waals surface area contributed by atoms with Gasteiger partial charge in [-0.05, 0) is 35.9 Å². The van der Waals surface area contributed by atoms with E-state index in [1.807, 2.05) is 29.6 Å². The van der Waals surface area contributed by atoms with Crippen molar-refractivity contribution in [2.45, 2.75) is 0 Å². The fourth-order valence-corrected chi connectivity index (χ4v) is 3.97. The molecule has 0 saturated carbocycles. The quantitative estimate of drug-likeness (QED) is 0.439. The van der Waals surface area contributed by atoms with E-state index in [1.54, 1.807) is 29.1 Å². The smallest absolute Gasteiger partial charge is 0.262 e. The summed E-state index contributed by atoms with van der Waals surface area (Å²) >= 11 is 13.6. The van der Waals surface area contributed by atoms with Crippen molar-refractivity contribution in [2.24, 2.45) is 10.1 Å². The van der Waals surface area contributed by atoms with E-state index in [1.165, 1.54) is 11.3 Å². The molecule has 3 aromatic rings. The molecule has 2 heterocycles. The summed E-state index contributed by atoms with van der Waals surface area (Å²) in [5, 5.41) is 10.3. The van der Waals surface area contributed by atoms with Gasteiger partial charge >= 0.3 is 0 Å². The molecule has 30 heavy (non-hydrogen) atoms. The summed E-state index contributed by atoms with van der Waals surface area (Å²) < 4.78 is 7.18. The summed E-state index contributed by atoms with van der Waals surface area (Å²) in [6.45, 7) is 4.20. The number of rotatable bonds is 5. The Morgan fingerprint density at radius 1 is 1.23 bits per heavy atom. The van der Waals surface area contributed by atoms with Gasteiger partial charge < -0.3 is 10.1 Å². The Kier molecular flexibility index (Phi) is 6.03. The third-order valence-corrected chi connectivity index (χ3v) is 5.81. The fraction of sp³-hybridized carbons (Fsp3) is 0.0952. The Balaban J connectivity index is 1.77. The van der Waals surface area contributed by atoms with Crippen LogP contribution >= 0.6 is 34.5 Å². The fourth-order valence-electron chi connectivity index (χ4n) is 2.82. The van der Waals surface area contributed by atoms with Gasteiger partial charge in [0.1, 0.15) is 5.75 Å². The molecule has 9 heteroatoms. The number of thiazole rings is 1. The molecule has 0 saturated heterocycles. The molecule has 152 valence electrons. The van der Waals surface area contributed by atoms with Crippen LogP contribution in [0.2, 0.25) is 10.0 Å². The van der Waals surface area contributed by atoms with E-state index in [0.717, 1.165) is 16.8 Å². The molecule has 0 spiro atoms. The monoisotopic (exact) mass is 458 g/mol. The predicted molar refractivity (Wildman–Crippen MR) is 122 cm³/mol. The van der Waals surface area contributed by atoms with Gasteiger partial charge in [0.05, 0.1) is 34.2 Å². The number of amides is 1. The van der Waals surface area contributed by atoms with Crippen LogP contribution in [0.15, 0.2) is 64.5 Å². The van der Waals surface area contributed by atoms with Gasteiger partial charge in [0.25, 0.3) is 5.91 Å². The zero-order valence-electron chi connectivity index (χ0n) is 15.6. The molecule has 1 amide bonds. The molecule has 6 nitrogen and oxygen atoms in total. The minimum atomic E-state index is -0.183. The van der Waals surface area contributed by atoms with Gasteiger partial charge in [0.2, 0.25) is 4.80 Å². The first-order valence-electron chi connectivity index (χ1n) is 8.93. The molecule has 0 aliphatic carbocycles. The van der Waals surface area contributed by atoms with Crippen molar-refractivity contribution >= 4 is 52.3 Å². The van der Waals surface area contributed by atoms with E-state index in [-0.39, 0.29) is 12.5 Å². The number of carbonyl (C=O) groups excluding carboxylic acids is 1. The molecule has 0 radical (unpaired) electrons. The van der Waals surface area contributed by atoms with Crippen LogP contribution in [-0.2, 0) is 4.79 Å². The number of halogens is 2. The lowest BCUT2D eigenvalue weighted by Crippen LogP contribution is -2.25. The SMILES string of the molecule is C=CCN=c1scc(-c2ccc3c(c2)NC(=O)CO3)n1N=Cc1ccc(Cl)c(Cl)c1. The molecule has 0 atom stereocenters. The Morgan fingerprint density at radius 3 is 2.90 bits per heavy atom. The lowest BCUT2D eigenvalue weighted by atomic mass is 10.1. The Morgan fingerprint density at radius 2 is 2.10 bits per heavy atom. The summed E-state index contributed by atoms with van der Waals surface area (Å²) in [6.07, 6.45) is 3.41. The maximum absolute atomic E-state index is 11.7. The zero-order valence-corrected chi connectivity index (χ0v) is 18.0. The second kappa shape index (κ2) is 8.87. The molecular weight excluding hydrogens is 443 g/mol. The second-order valence-electron chi connectivity index (χ2n) is 6.31. The number of hydrogen-bond donors (Lipinski definition) is 1. The highest BCUT2D eigenvalue weighted by atomic mass is 35.5. The Bertz CT molecular complexity index is 1230. The molecular formula is C21H16Cl2N4O2S. The van der Waals surface area contributed by atoms with Crippen LogP contribution in [0.4, 0.5) is 5.69 Å². The lowest BCUT2D eigenvalue weighted by molar-refractivity contribution is -0.118. The second-order valence-corrected chi connectivity index (χ2v) is 7.96. The molecule has 0 unspecified atom stereocenters. The summed E-state index contributed by atoms with van der Waals surface area (Å²) in [5.74, 6) is 0.452. The van der Waals surface area contributed by atoms with E-state index < -0.39 is 0 Å². The largest absolute Gasteiger partial charge is 0.482 e. The zero-order chi connectivity index (χ0) is 21.1. The van der Waals surface area contributed by atoms with Crippen LogP contribution < -0.4 is 14.9 Å². The Labute approximate surface area is 186 Å². The van der Waals surface area contributed by atoms with E-state index in [4.69, 9.17) is 27.9 Å². The average molecular weight is 459 g/mol. The first kappa shape index (κ1) is 20.4. The number of carbonyl (C=O) groups is 1. The van der Waals surface area contributed by atoms with Gasteiger partial charge in [0, 0.05) is 10.9 Å². The number of benzene rings is 2. The number of hydrogen-bond acceptors (Lipinski definition) is 5. The normalized spacial score (nSPS) is 13.8. The van der Waals surface area contributed by atoms with Gasteiger partial charge in [-0.2, -0.15) is 5.10 Å². The van der Waals surface area contributed by atoms with Crippen LogP contribution in [0, 0.1) is 0 Å². The number of ether oxygens (including phenoxy) is 1. The van der Waals surface area contributed by atoms with Crippen molar-refractivity contribution in [3.05, 3.63) is 74.8 Å². The highest BCUT2D eigenvalue weighted by molar-refractivity contribution is 7.07. The average Bonchev–Trinajstić information content (AvgIpc) is 3.15. The van der Waals surface area contributed by atoms with Gasteiger partial charge in [-0.15, -0.1) is 17.9 Å². The molecule has 0 fully saturated rings. The summed E-state index contributed by atoms with van der Waals surface area (Å²) in [7, 11) is 0. The van der Waals surface area contributed by atoms with Crippen LogP contribution in [0.5, 0.6) is 5.75 Å². The van der Waals surface area contributed by atoms with Crippen LogP contribution in [0.1, 0.15) is 5.56 Å². The number of anilines is 1. The molecule has 0 bridgehead atoms. The first-order valence-corrected chi connectivity index (χ1v) is 10.6. The standard InChI is InChI=1S/C21H16Cl2N4O2S/c1-2-7-24-21-27(25-10-13-3-5-15(22)16(23)8-13)18(12-30-21)14-4-6-19-17(9-14)26-20(28)11-29-19/h2-6,8-10,12H,1,7,11H2,(H,26,28). The van der Waals surface area contributed by atoms with E-state index >= 15 is 0 Å². The van der Waals surface area contributed by atoms with Crippen molar-refractivity contribution in [3.63, 3.8) is 0 Å². The maximum Gasteiger partial charge on any atom is 0.262 e. The molecule has 1 aliphatic heterocycles. The molecule has 4 rings (SSSR count). The van der Waals surface area contributed by atoms with Crippen LogP contribution in [0.25, 0.3) is 11.3 Å². The molecule has 1 aromatic heterocycles. The van der Waals surface area contributed by atoms with Crippen molar-refractivity contribution in [1.82, 2.24) is 4.68 Å². The van der Waals surface area contributed by atoms with Crippen molar-refractivity contribution in [2.75, 3.05) is 18.5 Å². The summed E-state index contributed by atoms with van der Waals surface area (Å²) in [6, 6.07) is 10.9. The number of fused-ring (bicyclic) bond motifs is 1. The molecule has 1 N–H and O–H groups in total. The number of nitrogens with one attached hydrogen (secondary N) is 1. The van der Waals surface area contributed by atoms with Gasteiger partial charge in [-0.25, -0.2) is 4.68 Å². The first-order chi connectivity index (χ1) is 14.5. The van der Waals surface area contributed by atoms with Crippen molar-refractivity contribution in [1.29, 1.82) is 0 Å². The van der Waals surface area contributed by atoms with Crippen LogP contribution in [0.3, 0.4) is 0 Å². The van der Waals surface area contributed by atoms with Crippen molar-refractivity contribution in [3.8, 4) is 17.0 Å². The van der Waals surface area contributed by atoms with E-state index in [9.17, 15) is 4.79 Å². The summed E-state index contributed by atoms with van der Waals surface area (Å²) in [5.41, 5.74) is 3.11. The van der Waals surface area contributed by atoms with Crippen LogP contribution in [-0.4, -0.2) is 29.9 Å². The Hall–Kier alpha value is -2.87. The number of nitrogens with zero attached hydrogens (tertiary/aromatic N) is 3. The van der Waals surface area contributed by atoms with Crippen molar-refractivity contribution < 1.29 is 9.53 Å². The topological polar surface area (TPSA) is 68.0 Å².